The lowest BCUT2D eigenvalue weighted by molar-refractivity contribution is -0.275. The first-order chi connectivity index (χ1) is 20.2. The first kappa shape index (κ1) is 29.0. The number of ether oxygens (including phenoxy) is 2. The molecule has 0 atom stereocenters. The van der Waals surface area contributed by atoms with Gasteiger partial charge in [0, 0.05) is 6.42 Å². The van der Waals surface area contributed by atoms with Crippen molar-refractivity contribution >= 4 is 11.0 Å². The predicted octanol–water partition coefficient (Wildman–Crippen LogP) is 4.92. The number of benzene rings is 3. The predicted molar refractivity (Wildman–Crippen MR) is 140 cm³/mol. The fraction of sp³-hybridized carbons (Fsp3) is 0.107. The molecule has 2 N–H and O–H groups in total. The van der Waals surface area contributed by atoms with E-state index < -0.39 is 57.8 Å². The number of nitrogens with zero attached hydrogens (tertiary/aromatic N) is 2. The van der Waals surface area contributed by atoms with Gasteiger partial charge in [-0.1, -0.05) is 30.3 Å². The Hall–Kier alpha value is -5.47. The minimum Gasteiger partial charge on any atom is -0.506 e. The van der Waals surface area contributed by atoms with E-state index in [0.717, 1.165) is 53.1 Å². The van der Waals surface area contributed by atoms with Crippen LogP contribution >= 0.6 is 0 Å². The van der Waals surface area contributed by atoms with Crippen molar-refractivity contribution in [3.8, 4) is 28.6 Å². The smallest absolute Gasteiger partial charge is 0.506 e. The Morgan fingerprint density at radius 2 is 1.19 bits per heavy atom. The summed E-state index contributed by atoms with van der Waals surface area (Å²) in [4.78, 5) is 42.9. The molecule has 0 aliphatic rings. The van der Waals surface area contributed by atoms with Crippen molar-refractivity contribution in [3.05, 3.63) is 121 Å². The average Bonchev–Trinajstić information content (AvgIpc) is 2.91. The average molecular weight is 605 g/mol. The van der Waals surface area contributed by atoms with Crippen molar-refractivity contribution in [3.63, 3.8) is 0 Å². The lowest BCUT2D eigenvalue weighted by atomic mass is 10.0. The number of alkyl halides is 6. The fourth-order valence-corrected chi connectivity index (χ4v) is 4.41. The summed E-state index contributed by atoms with van der Waals surface area (Å²) in [6.07, 6.45) is -10.1. The van der Waals surface area contributed by atoms with Crippen molar-refractivity contribution in [2.45, 2.75) is 19.1 Å². The number of fused-ring (bicyclic) bond motifs is 1. The maximum Gasteiger partial charge on any atom is 0.573 e. The molecule has 222 valence electrons. The molecule has 0 unspecified atom stereocenters. The van der Waals surface area contributed by atoms with E-state index >= 15 is 0 Å². The maximum absolute atomic E-state index is 13.7. The molecular weight excluding hydrogens is 588 g/mol. The van der Waals surface area contributed by atoms with E-state index in [0.29, 0.717) is 10.1 Å². The van der Waals surface area contributed by atoms with Crippen LogP contribution in [0.15, 0.2) is 93.2 Å². The van der Waals surface area contributed by atoms with Crippen LogP contribution in [0.5, 0.6) is 17.2 Å². The second kappa shape index (κ2) is 10.7. The van der Waals surface area contributed by atoms with Gasteiger partial charge in [-0.3, -0.25) is 9.59 Å². The van der Waals surface area contributed by atoms with Crippen molar-refractivity contribution in [1.82, 2.24) is 14.1 Å². The minimum absolute atomic E-state index is 0.122. The Balaban J connectivity index is 1.77. The molecule has 0 amide bonds. The van der Waals surface area contributed by atoms with Gasteiger partial charge in [-0.05, 0) is 54.1 Å². The molecule has 0 fully saturated rings. The van der Waals surface area contributed by atoms with Crippen LogP contribution in [0.2, 0.25) is 0 Å². The van der Waals surface area contributed by atoms with Gasteiger partial charge in [0.1, 0.15) is 28.3 Å². The van der Waals surface area contributed by atoms with Crippen molar-refractivity contribution in [1.29, 1.82) is 0 Å². The van der Waals surface area contributed by atoms with E-state index in [9.17, 15) is 45.8 Å². The highest BCUT2D eigenvalue weighted by Crippen LogP contribution is 2.28. The van der Waals surface area contributed by atoms with Gasteiger partial charge < -0.3 is 19.6 Å². The van der Waals surface area contributed by atoms with Gasteiger partial charge in [-0.25, -0.2) is 13.9 Å². The second-order valence-corrected chi connectivity index (χ2v) is 9.01. The largest absolute Gasteiger partial charge is 0.573 e. The maximum atomic E-state index is 13.7. The highest BCUT2D eigenvalue weighted by atomic mass is 19.4. The quantitative estimate of drug-likeness (QED) is 0.266. The van der Waals surface area contributed by atoms with E-state index in [2.05, 4.69) is 14.5 Å². The van der Waals surface area contributed by atoms with Gasteiger partial charge in [0.2, 0.25) is 0 Å². The van der Waals surface area contributed by atoms with Crippen LogP contribution in [-0.4, -0.2) is 31.9 Å². The molecule has 5 aromatic rings. The number of hydrogen-bond acceptors (Lipinski definition) is 6. The van der Waals surface area contributed by atoms with Crippen molar-refractivity contribution in [2.24, 2.45) is 0 Å². The van der Waals surface area contributed by atoms with Crippen LogP contribution in [0.25, 0.3) is 22.4 Å². The second-order valence-electron chi connectivity index (χ2n) is 9.01. The Labute approximate surface area is 235 Å². The molecule has 9 nitrogen and oxygen atoms in total. The van der Waals surface area contributed by atoms with Crippen LogP contribution in [0.3, 0.4) is 0 Å². The molecule has 0 aliphatic carbocycles. The summed E-state index contributed by atoms with van der Waals surface area (Å²) in [5, 5.41) is 10.7. The standard InChI is InChI=1S/C28H17F6N3O6/c29-27(30,31)42-18-10-6-16(7-11-18)36-23-21(22(38)20(24(39)35-23)14-15-4-2-1-3-5-15)25(40)37(26(36)41)17-8-12-19(13-9-17)43-28(32,33)34/h1-13H,14H2,(H2,35,38,39). The first-order valence-corrected chi connectivity index (χ1v) is 12.1. The number of aromatic amines is 1. The third kappa shape index (κ3) is 6.10. The summed E-state index contributed by atoms with van der Waals surface area (Å²) < 4.78 is 84.9. The van der Waals surface area contributed by atoms with Gasteiger partial charge >= 0.3 is 18.4 Å². The van der Waals surface area contributed by atoms with Crippen LogP contribution in [0.4, 0.5) is 26.3 Å². The molecule has 0 bridgehead atoms. The van der Waals surface area contributed by atoms with Gasteiger partial charge in [-0.15, -0.1) is 26.3 Å². The Bertz CT molecular complexity index is 1980. The summed E-state index contributed by atoms with van der Waals surface area (Å²) in [7, 11) is 0. The molecular formula is C28H17F6N3O6. The number of rotatable bonds is 6. The molecule has 0 saturated heterocycles. The Morgan fingerprint density at radius 1 is 0.698 bits per heavy atom. The molecule has 43 heavy (non-hydrogen) atoms. The summed E-state index contributed by atoms with van der Waals surface area (Å²) in [5.74, 6) is -2.06. The lowest BCUT2D eigenvalue weighted by Crippen LogP contribution is -2.39. The first-order valence-electron chi connectivity index (χ1n) is 12.1. The highest BCUT2D eigenvalue weighted by molar-refractivity contribution is 5.84. The van der Waals surface area contributed by atoms with Crippen LogP contribution in [0, 0.1) is 0 Å². The number of hydrogen-bond donors (Lipinski definition) is 2. The fourth-order valence-electron chi connectivity index (χ4n) is 4.41. The SMILES string of the molecule is O=c1[nH]c2c(c(O)c1Cc1ccccc1)c(=O)n(-c1ccc(OC(F)(F)F)cc1)c(=O)n2-c1ccc(OC(F)(F)F)cc1. The normalized spacial score (nSPS) is 12.0. The summed E-state index contributed by atoms with van der Waals surface area (Å²) in [6, 6.07) is 15.9. The lowest BCUT2D eigenvalue weighted by Gasteiger charge is -2.17. The molecule has 0 radical (unpaired) electrons. The molecule has 2 aromatic heterocycles. The van der Waals surface area contributed by atoms with Crippen molar-refractivity contribution < 1.29 is 40.9 Å². The molecule has 0 saturated carbocycles. The van der Waals surface area contributed by atoms with E-state index in [-0.39, 0.29) is 23.4 Å². The molecule has 15 heteroatoms. The number of H-pyrrole nitrogens is 1. The van der Waals surface area contributed by atoms with Gasteiger partial charge in [-0.2, -0.15) is 0 Å². The Kier molecular flexibility index (Phi) is 7.25. The summed E-state index contributed by atoms with van der Waals surface area (Å²) in [6.45, 7) is 0. The van der Waals surface area contributed by atoms with Crippen LogP contribution < -0.4 is 26.3 Å². The van der Waals surface area contributed by atoms with Crippen LogP contribution in [0.1, 0.15) is 11.1 Å². The molecule has 0 spiro atoms. The third-order valence-corrected chi connectivity index (χ3v) is 6.17. The van der Waals surface area contributed by atoms with E-state index in [1.54, 1.807) is 30.3 Å². The molecule has 5 rings (SSSR count). The van der Waals surface area contributed by atoms with E-state index in [1.807, 2.05) is 0 Å². The topological polar surface area (TPSA) is 116 Å². The zero-order valence-corrected chi connectivity index (χ0v) is 21.4. The zero-order valence-electron chi connectivity index (χ0n) is 21.4. The van der Waals surface area contributed by atoms with Crippen LogP contribution in [-0.2, 0) is 6.42 Å². The van der Waals surface area contributed by atoms with Gasteiger partial charge in [0.05, 0.1) is 16.9 Å². The number of aromatic nitrogens is 3. The van der Waals surface area contributed by atoms with E-state index in [4.69, 9.17) is 0 Å². The zero-order chi connectivity index (χ0) is 31.1. The molecule has 2 heterocycles. The van der Waals surface area contributed by atoms with E-state index in [1.165, 1.54) is 0 Å². The summed E-state index contributed by atoms with van der Waals surface area (Å²) >= 11 is 0. The van der Waals surface area contributed by atoms with Gasteiger partial charge in [0.15, 0.2) is 0 Å². The van der Waals surface area contributed by atoms with Crippen molar-refractivity contribution in [2.75, 3.05) is 0 Å². The monoisotopic (exact) mass is 605 g/mol. The number of nitrogens with one attached hydrogen (secondary N) is 1. The molecule has 3 aromatic carbocycles. The van der Waals surface area contributed by atoms with Gasteiger partial charge in [0.25, 0.3) is 11.1 Å². The number of pyridine rings is 1. The third-order valence-electron chi connectivity index (χ3n) is 6.17. The summed E-state index contributed by atoms with van der Waals surface area (Å²) in [5.41, 5.74) is -3.67. The molecule has 0 aliphatic heterocycles. The Morgan fingerprint density at radius 3 is 1.67 bits per heavy atom. The minimum atomic E-state index is -5.01. The highest BCUT2D eigenvalue weighted by Gasteiger charge is 2.32. The number of aromatic hydroxyl groups is 1. The number of halogens is 6.